The molecule has 0 spiro atoms. The molecule has 3 aromatic rings. The van der Waals surface area contributed by atoms with Gasteiger partial charge in [-0.1, -0.05) is 29.0 Å². The maximum Gasteiger partial charge on any atom is 0.222 e. The quantitative estimate of drug-likeness (QED) is 0.453. The van der Waals surface area contributed by atoms with Crippen molar-refractivity contribution < 1.29 is 17.9 Å². The van der Waals surface area contributed by atoms with Gasteiger partial charge >= 0.3 is 0 Å². The Morgan fingerprint density at radius 2 is 1.85 bits per heavy atom. The number of carbonyl (C=O) groups excluding carboxylic acids is 1. The van der Waals surface area contributed by atoms with Crippen LogP contribution in [0.2, 0.25) is 5.02 Å². The van der Waals surface area contributed by atoms with Gasteiger partial charge in [0.05, 0.1) is 22.0 Å². The highest BCUT2D eigenvalue weighted by Gasteiger charge is 2.24. The molecule has 0 atom stereocenters. The molecule has 7 nitrogen and oxygen atoms in total. The zero-order valence-corrected chi connectivity index (χ0v) is 20.8. The van der Waals surface area contributed by atoms with Crippen molar-refractivity contribution in [2.24, 2.45) is 0 Å². The first-order valence-corrected chi connectivity index (χ1v) is 13.8. The van der Waals surface area contributed by atoms with E-state index in [2.05, 4.69) is 4.90 Å². The second kappa shape index (κ2) is 10.3. The van der Waals surface area contributed by atoms with Gasteiger partial charge in [-0.05, 0) is 49.7 Å². The average molecular weight is 508 g/mol. The summed E-state index contributed by atoms with van der Waals surface area (Å²) >= 11 is 7.45. The van der Waals surface area contributed by atoms with E-state index in [0.29, 0.717) is 44.2 Å². The topological polar surface area (TPSA) is 79.8 Å². The molecule has 1 saturated heterocycles. The standard InChI is InChI=1S/C23H26ClN3O4S2/c1-2-31-19-5-3-6-20-22(19)25-23(32-20)27-14-12-26(13-15-27)21(28)7-4-16-33(29,30)18-10-8-17(24)9-11-18/h3,5-6,8-11H,2,4,7,12-16H2,1H3. The summed E-state index contributed by atoms with van der Waals surface area (Å²) < 4.78 is 31.7. The van der Waals surface area contributed by atoms with Crippen molar-refractivity contribution in [3.05, 3.63) is 47.5 Å². The minimum absolute atomic E-state index is 0.0103. The van der Waals surface area contributed by atoms with E-state index in [-0.39, 0.29) is 23.0 Å². The van der Waals surface area contributed by atoms with Crippen molar-refractivity contribution in [1.29, 1.82) is 0 Å². The Kier molecular flexibility index (Phi) is 7.41. The molecule has 0 radical (unpaired) electrons. The maximum atomic E-state index is 12.6. The predicted octanol–water partition coefficient (Wildman–Crippen LogP) is 4.25. The monoisotopic (exact) mass is 507 g/mol. The van der Waals surface area contributed by atoms with Gasteiger partial charge in [-0.3, -0.25) is 4.79 Å². The van der Waals surface area contributed by atoms with E-state index in [0.717, 1.165) is 21.1 Å². The number of rotatable bonds is 8. The Balaban J connectivity index is 1.29. The molecule has 0 N–H and O–H groups in total. The average Bonchev–Trinajstić information content (AvgIpc) is 3.25. The molecule has 0 saturated carbocycles. The third kappa shape index (κ3) is 5.59. The molecule has 10 heteroatoms. The SMILES string of the molecule is CCOc1cccc2sc(N3CCN(C(=O)CCCS(=O)(=O)c4ccc(Cl)cc4)CC3)nc12. The Morgan fingerprint density at radius 1 is 1.12 bits per heavy atom. The number of nitrogens with zero attached hydrogens (tertiary/aromatic N) is 3. The number of hydrogen-bond donors (Lipinski definition) is 0. The summed E-state index contributed by atoms with van der Waals surface area (Å²) in [6.45, 7) is 5.12. The number of sulfone groups is 1. The molecule has 1 amide bonds. The van der Waals surface area contributed by atoms with Crippen molar-refractivity contribution in [2.75, 3.05) is 43.4 Å². The lowest BCUT2D eigenvalue weighted by Gasteiger charge is -2.34. The van der Waals surface area contributed by atoms with Crippen LogP contribution in [0.15, 0.2) is 47.4 Å². The van der Waals surface area contributed by atoms with E-state index < -0.39 is 9.84 Å². The molecule has 1 aliphatic heterocycles. The summed E-state index contributed by atoms with van der Waals surface area (Å²) in [6, 6.07) is 12.1. The smallest absolute Gasteiger partial charge is 0.222 e. The molecular formula is C23H26ClN3O4S2. The lowest BCUT2D eigenvalue weighted by Crippen LogP contribution is -2.48. The van der Waals surface area contributed by atoms with E-state index in [1.807, 2.05) is 30.0 Å². The first-order valence-electron chi connectivity index (χ1n) is 10.9. The number of anilines is 1. The number of amides is 1. The van der Waals surface area contributed by atoms with Crippen LogP contribution in [0, 0.1) is 0 Å². The molecule has 0 unspecified atom stereocenters. The zero-order chi connectivity index (χ0) is 23.4. The van der Waals surface area contributed by atoms with Gasteiger partial charge in [-0.15, -0.1) is 0 Å². The van der Waals surface area contributed by atoms with E-state index in [1.165, 1.54) is 12.1 Å². The molecule has 33 heavy (non-hydrogen) atoms. The van der Waals surface area contributed by atoms with Gasteiger partial charge in [0.15, 0.2) is 15.0 Å². The van der Waals surface area contributed by atoms with Gasteiger partial charge in [0.1, 0.15) is 11.3 Å². The maximum absolute atomic E-state index is 12.6. The molecule has 1 aromatic heterocycles. The summed E-state index contributed by atoms with van der Waals surface area (Å²) in [5.41, 5.74) is 0.875. The van der Waals surface area contributed by atoms with Crippen LogP contribution in [0.25, 0.3) is 10.2 Å². The van der Waals surface area contributed by atoms with Crippen LogP contribution in [-0.4, -0.2) is 62.7 Å². The van der Waals surface area contributed by atoms with Gasteiger partial charge in [0.25, 0.3) is 0 Å². The van der Waals surface area contributed by atoms with Crippen LogP contribution in [0.4, 0.5) is 5.13 Å². The lowest BCUT2D eigenvalue weighted by molar-refractivity contribution is -0.131. The molecule has 2 aromatic carbocycles. The molecule has 1 fully saturated rings. The molecule has 4 rings (SSSR count). The van der Waals surface area contributed by atoms with Crippen molar-refractivity contribution in [2.45, 2.75) is 24.7 Å². The van der Waals surface area contributed by atoms with E-state index in [4.69, 9.17) is 21.3 Å². The second-order valence-electron chi connectivity index (χ2n) is 7.78. The Bertz CT molecular complexity index is 1220. The van der Waals surface area contributed by atoms with Crippen LogP contribution in [0.1, 0.15) is 19.8 Å². The summed E-state index contributed by atoms with van der Waals surface area (Å²) in [6.07, 6.45) is 0.508. The van der Waals surface area contributed by atoms with Crippen molar-refractivity contribution in [1.82, 2.24) is 9.88 Å². The van der Waals surface area contributed by atoms with Gasteiger partial charge in [-0.2, -0.15) is 0 Å². The molecule has 1 aliphatic rings. The van der Waals surface area contributed by atoms with Crippen LogP contribution < -0.4 is 9.64 Å². The van der Waals surface area contributed by atoms with Crippen LogP contribution >= 0.6 is 22.9 Å². The highest BCUT2D eigenvalue weighted by atomic mass is 35.5. The summed E-state index contributed by atoms with van der Waals surface area (Å²) in [4.78, 5) is 21.6. The third-order valence-corrected chi connectivity index (χ3v) is 8.70. The fraction of sp³-hybridized carbons (Fsp3) is 0.391. The summed E-state index contributed by atoms with van der Waals surface area (Å²) in [7, 11) is -3.42. The second-order valence-corrected chi connectivity index (χ2v) is 11.3. The minimum atomic E-state index is -3.42. The van der Waals surface area contributed by atoms with Crippen molar-refractivity contribution in [3.8, 4) is 5.75 Å². The Labute approximate surface area is 202 Å². The number of thiazole rings is 1. The fourth-order valence-corrected chi connectivity index (χ4v) is 6.27. The van der Waals surface area contributed by atoms with Gasteiger partial charge in [-0.25, -0.2) is 13.4 Å². The Morgan fingerprint density at radius 3 is 2.55 bits per heavy atom. The van der Waals surface area contributed by atoms with Crippen molar-refractivity contribution >= 4 is 54.0 Å². The molecule has 0 aliphatic carbocycles. The van der Waals surface area contributed by atoms with Crippen LogP contribution in [0.3, 0.4) is 0 Å². The largest absolute Gasteiger partial charge is 0.492 e. The highest BCUT2D eigenvalue weighted by Crippen LogP contribution is 2.34. The molecule has 176 valence electrons. The van der Waals surface area contributed by atoms with E-state index >= 15 is 0 Å². The predicted molar refractivity (Wildman–Crippen MR) is 132 cm³/mol. The normalized spacial score (nSPS) is 14.6. The number of carbonyl (C=O) groups is 1. The molecular weight excluding hydrogens is 482 g/mol. The summed E-state index contributed by atoms with van der Waals surface area (Å²) in [5.74, 6) is 0.720. The molecule has 2 heterocycles. The van der Waals surface area contributed by atoms with Crippen LogP contribution in [-0.2, 0) is 14.6 Å². The number of aromatic nitrogens is 1. The number of piperazine rings is 1. The van der Waals surface area contributed by atoms with E-state index in [1.54, 1.807) is 23.5 Å². The fourth-order valence-electron chi connectivity index (χ4n) is 3.80. The lowest BCUT2D eigenvalue weighted by atomic mass is 10.2. The number of halogens is 1. The number of hydrogen-bond acceptors (Lipinski definition) is 7. The third-order valence-electron chi connectivity index (χ3n) is 5.55. The first kappa shape index (κ1) is 23.8. The number of ether oxygens (including phenoxy) is 1. The zero-order valence-electron chi connectivity index (χ0n) is 18.4. The first-order chi connectivity index (χ1) is 15.9. The van der Waals surface area contributed by atoms with Gasteiger partial charge in [0.2, 0.25) is 5.91 Å². The van der Waals surface area contributed by atoms with Gasteiger partial charge < -0.3 is 14.5 Å². The number of fused-ring (bicyclic) bond motifs is 1. The highest BCUT2D eigenvalue weighted by molar-refractivity contribution is 7.91. The minimum Gasteiger partial charge on any atom is -0.492 e. The Hall–Kier alpha value is -2.36. The van der Waals surface area contributed by atoms with Crippen LogP contribution in [0.5, 0.6) is 5.75 Å². The number of benzene rings is 2. The molecule has 0 bridgehead atoms. The number of para-hydroxylation sites is 1. The summed E-state index contributed by atoms with van der Waals surface area (Å²) in [5, 5.41) is 1.42. The van der Waals surface area contributed by atoms with Crippen molar-refractivity contribution in [3.63, 3.8) is 0 Å². The van der Waals surface area contributed by atoms with Gasteiger partial charge in [0, 0.05) is 37.6 Å². The van der Waals surface area contributed by atoms with E-state index in [9.17, 15) is 13.2 Å².